The van der Waals surface area contributed by atoms with E-state index < -0.39 is 35.7 Å². The molecule has 0 aliphatic rings. The minimum Gasteiger partial charge on any atom is -0.480 e. The molecule has 7 heteroatoms. The Morgan fingerprint density at radius 2 is 1.71 bits per heavy atom. The average Bonchev–Trinajstić information content (AvgIpc) is 2.62. The summed E-state index contributed by atoms with van der Waals surface area (Å²) < 4.78 is 13.9. The molecule has 0 bridgehead atoms. The molecule has 2 amide bonds. The molecule has 6 nitrogen and oxygen atoms in total. The summed E-state index contributed by atoms with van der Waals surface area (Å²) in [5.41, 5.74) is 1.99. The maximum absolute atomic E-state index is 13.9. The van der Waals surface area contributed by atoms with Crippen LogP contribution in [0.2, 0.25) is 0 Å². The zero-order valence-electron chi connectivity index (χ0n) is 15.7. The third kappa shape index (κ3) is 6.19. The predicted octanol–water partition coefficient (Wildman–Crippen LogP) is 1.99. The van der Waals surface area contributed by atoms with Gasteiger partial charge in [-0.2, -0.15) is 0 Å². The van der Waals surface area contributed by atoms with Gasteiger partial charge in [0.15, 0.2) is 0 Å². The van der Waals surface area contributed by atoms with Gasteiger partial charge in [0.1, 0.15) is 17.9 Å². The largest absolute Gasteiger partial charge is 0.480 e. The van der Waals surface area contributed by atoms with Crippen molar-refractivity contribution >= 4 is 17.8 Å². The van der Waals surface area contributed by atoms with E-state index in [-0.39, 0.29) is 18.4 Å². The molecule has 3 N–H and O–H groups in total. The molecule has 28 heavy (non-hydrogen) atoms. The lowest BCUT2D eigenvalue weighted by molar-refractivity contribution is -0.142. The monoisotopic (exact) mass is 386 g/mol. The molecule has 0 fully saturated rings. The van der Waals surface area contributed by atoms with Crippen molar-refractivity contribution in [3.63, 3.8) is 0 Å². The van der Waals surface area contributed by atoms with Crippen molar-refractivity contribution in [1.82, 2.24) is 10.6 Å². The summed E-state index contributed by atoms with van der Waals surface area (Å²) in [6.45, 7) is 3.13. The van der Waals surface area contributed by atoms with E-state index in [1.54, 1.807) is 12.1 Å². The second-order valence-corrected chi connectivity index (χ2v) is 6.64. The van der Waals surface area contributed by atoms with E-state index in [0.717, 1.165) is 11.1 Å². The number of carbonyl (C=O) groups excluding carboxylic acids is 2. The van der Waals surface area contributed by atoms with Gasteiger partial charge in [0.25, 0.3) is 0 Å². The molecule has 0 radical (unpaired) electrons. The van der Waals surface area contributed by atoms with Gasteiger partial charge in [-0.05, 0) is 24.1 Å². The third-order valence-electron chi connectivity index (χ3n) is 4.21. The number of hydrogen-bond acceptors (Lipinski definition) is 3. The molecular formula is C21H23FN2O4. The van der Waals surface area contributed by atoms with Gasteiger partial charge in [0.05, 0.1) is 0 Å². The summed E-state index contributed by atoms with van der Waals surface area (Å²) in [7, 11) is 0. The summed E-state index contributed by atoms with van der Waals surface area (Å²) in [6.07, 6.45) is 0.00408. The summed E-state index contributed by atoms with van der Waals surface area (Å²) in [5.74, 6) is -2.84. The maximum Gasteiger partial charge on any atom is 0.326 e. The number of amides is 2. The molecule has 0 heterocycles. The maximum atomic E-state index is 13.9. The highest BCUT2D eigenvalue weighted by Gasteiger charge is 2.27. The summed E-state index contributed by atoms with van der Waals surface area (Å²) in [5, 5.41) is 14.4. The van der Waals surface area contributed by atoms with Crippen LogP contribution in [0.25, 0.3) is 0 Å². The van der Waals surface area contributed by atoms with Crippen molar-refractivity contribution in [1.29, 1.82) is 0 Å². The fourth-order valence-corrected chi connectivity index (χ4v) is 2.89. The minimum atomic E-state index is -1.19. The molecule has 0 unspecified atom stereocenters. The average molecular weight is 386 g/mol. The second kappa shape index (κ2) is 9.64. The van der Waals surface area contributed by atoms with Crippen molar-refractivity contribution in [2.24, 2.45) is 0 Å². The molecule has 2 rings (SSSR count). The Kier molecular flexibility index (Phi) is 7.26. The first-order valence-corrected chi connectivity index (χ1v) is 8.85. The number of hydrogen-bond donors (Lipinski definition) is 3. The minimum absolute atomic E-state index is 0.0884. The van der Waals surface area contributed by atoms with Crippen molar-refractivity contribution < 1.29 is 23.9 Å². The number of halogens is 1. The second-order valence-electron chi connectivity index (χ2n) is 6.64. The van der Waals surface area contributed by atoms with Gasteiger partial charge in [0.2, 0.25) is 11.8 Å². The van der Waals surface area contributed by atoms with Crippen LogP contribution in [0.3, 0.4) is 0 Å². The lowest BCUT2D eigenvalue weighted by atomic mass is 10.0. The van der Waals surface area contributed by atoms with Crippen molar-refractivity contribution in [3.05, 3.63) is 71.0 Å². The van der Waals surface area contributed by atoms with Gasteiger partial charge in [0, 0.05) is 19.8 Å². The number of carboxylic acid groups (broad SMARTS) is 1. The Morgan fingerprint density at radius 1 is 1.00 bits per heavy atom. The number of carbonyl (C=O) groups is 3. The van der Waals surface area contributed by atoms with Crippen LogP contribution in [0, 0.1) is 12.7 Å². The molecule has 2 aromatic rings. The highest BCUT2D eigenvalue weighted by molar-refractivity contribution is 5.90. The highest BCUT2D eigenvalue weighted by atomic mass is 19.1. The topological polar surface area (TPSA) is 95.5 Å². The van der Waals surface area contributed by atoms with Crippen molar-refractivity contribution in [2.45, 2.75) is 38.8 Å². The summed E-state index contributed by atoms with van der Waals surface area (Å²) in [4.78, 5) is 35.8. The number of aryl methyl sites for hydroxylation is 1. The van der Waals surface area contributed by atoms with Gasteiger partial charge in [-0.25, -0.2) is 9.18 Å². The van der Waals surface area contributed by atoms with E-state index in [4.69, 9.17) is 0 Å². The Hall–Kier alpha value is -3.22. The van der Waals surface area contributed by atoms with Crippen LogP contribution in [-0.4, -0.2) is 35.0 Å². The van der Waals surface area contributed by atoms with Crippen molar-refractivity contribution in [2.75, 3.05) is 0 Å². The van der Waals surface area contributed by atoms with Crippen LogP contribution in [0.5, 0.6) is 0 Å². The van der Waals surface area contributed by atoms with Crippen LogP contribution in [0.1, 0.15) is 23.6 Å². The number of benzene rings is 2. The Labute approximate surface area is 162 Å². The first-order chi connectivity index (χ1) is 13.3. The molecule has 148 valence electrons. The summed E-state index contributed by atoms with van der Waals surface area (Å²) in [6, 6.07) is 11.0. The molecule has 0 spiro atoms. The van der Waals surface area contributed by atoms with Gasteiger partial charge in [-0.15, -0.1) is 0 Å². The quantitative estimate of drug-likeness (QED) is 0.647. The summed E-state index contributed by atoms with van der Waals surface area (Å²) >= 11 is 0. The van der Waals surface area contributed by atoms with Gasteiger partial charge >= 0.3 is 5.97 Å². The smallest absolute Gasteiger partial charge is 0.326 e. The zero-order valence-corrected chi connectivity index (χ0v) is 15.7. The molecule has 0 saturated carbocycles. The first kappa shape index (κ1) is 21.1. The Balaban J connectivity index is 2.15. The lowest BCUT2D eigenvalue weighted by Crippen LogP contribution is -2.52. The van der Waals surface area contributed by atoms with E-state index in [0.29, 0.717) is 0 Å². The first-order valence-electron chi connectivity index (χ1n) is 8.85. The molecule has 2 aromatic carbocycles. The molecular weight excluding hydrogens is 363 g/mol. The van der Waals surface area contributed by atoms with E-state index in [1.165, 1.54) is 25.1 Å². The van der Waals surface area contributed by atoms with E-state index in [9.17, 15) is 23.9 Å². The van der Waals surface area contributed by atoms with Gasteiger partial charge < -0.3 is 15.7 Å². The molecule has 2 atom stereocenters. The fraction of sp³-hybridized carbons (Fsp3) is 0.286. The normalized spacial score (nSPS) is 12.7. The molecule has 0 saturated heterocycles. The van der Waals surface area contributed by atoms with Crippen LogP contribution in [0.15, 0.2) is 48.5 Å². The van der Waals surface area contributed by atoms with E-state index in [2.05, 4.69) is 10.6 Å². The Bertz CT molecular complexity index is 869. The van der Waals surface area contributed by atoms with Gasteiger partial charge in [-0.1, -0.05) is 48.0 Å². The fourth-order valence-electron chi connectivity index (χ4n) is 2.89. The number of aliphatic carboxylic acids is 1. The number of nitrogens with one attached hydrogen (secondary N) is 2. The highest BCUT2D eigenvalue weighted by Crippen LogP contribution is 2.11. The van der Waals surface area contributed by atoms with Crippen LogP contribution >= 0.6 is 0 Å². The number of carboxylic acids is 1. The SMILES string of the molecule is CC(=O)N[C@H](Cc1ccccc1F)C(=O)N[C@@H](Cc1cccc(C)c1)C(=O)O. The van der Waals surface area contributed by atoms with Crippen LogP contribution in [-0.2, 0) is 27.2 Å². The van der Waals surface area contributed by atoms with Crippen molar-refractivity contribution in [3.8, 4) is 0 Å². The lowest BCUT2D eigenvalue weighted by Gasteiger charge is -2.21. The third-order valence-corrected chi connectivity index (χ3v) is 4.21. The molecule has 0 aliphatic heterocycles. The molecule has 0 aliphatic carbocycles. The van der Waals surface area contributed by atoms with Crippen LogP contribution < -0.4 is 10.6 Å². The van der Waals surface area contributed by atoms with Crippen LogP contribution in [0.4, 0.5) is 4.39 Å². The van der Waals surface area contributed by atoms with E-state index in [1.807, 2.05) is 25.1 Å². The van der Waals surface area contributed by atoms with Gasteiger partial charge in [-0.3, -0.25) is 9.59 Å². The predicted molar refractivity (Wildman–Crippen MR) is 102 cm³/mol. The zero-order chi connectivity index (χ0) is 20.7. The Morgan fingerprint density at radius 3 is 2.32 bits per heavy atom. The van der Waals surface area contributed by atoms with E-state index >= 15 is 0 Å². The molecule has 0 aromatic heterocycles. The standard InChI is InChI=1S/C21H23FN2O4/c1-13-6-5-7-15(10-13)11-19(21(27)28)24-20(26)18(23-14(2)25)12-16-8-3-4-9-17(16)22/h3-10,18-19H,11-12H2,1-2H3,(H,23,25)(H,24,26)(H,27,28)/t18-,19+/m1/s1. The number of rotatable bonds is 8.